The van der Waals surface area contributed by atoms with E-state index in [0.29, 0.717) is 33.3 Å². The fourth-order valence-electron chi connectivity index (χ4n) is 5.30. The molecule has 60 heavy (non-hydrogen) atoms. The van der Waals surface area contributed by atoms with Crippen molar-refractivity contribution in [3.8, 4) is 28.6 Å². The second kappa shape index (κ2) is 27.5. The number of fused-ring (bicyclic) bond motifs is 2. The summed E-state index contributed by atoms with van der Waals surface area (Å²) in [4.78, 5) is 35.3. The third kappa shape index (κ3) is 18.5. The molecule has 0 aliphatic heterocycles. The molecular formula is C43H43F5IN5O4PdZn. The van der Waals surface area contributed by atoms with Gasteiger partial charge in [-0.05, 0) is 110 Å². The minimum atomic E-state index is -4.07. The zero-order chi connectivity index (χ0) is 45.0. The van der Waals surface area contributed by atoms with Crippen molar-refractivity contribution < 1.29 is 77.0 Å². The molecule has 2 heterocycles. The zero-order valence-electron chi connectivity index (χ0n) is 34.0. The van der Waals surface area contributed by atoms with Crippen LogP contribution in [0.1, 0.15) is 67.0 Å². The normalized spacial score (nSPS) is 9.92. The average Bonchev–Trinajstić information content (AvgIpc) is 3.18. The van der Waals surface area contributed by atoms with E-state index in [4.69, 9.17) is 25.1 Å². The van der Waals surface area contributed by atoms with E-state index >= 15 is 0 Å². The van der Waals surface area contributed by atoms with Gasteiger partial charge in [0.1, 0.15) is 24.3 Å². The van der Waals surface area contributed by atoms with E-state index < -0.39 is 24.5 Å². The number of nitriles is 1. The Bertz CT molecular complexity index is 2330. The second-order valence-electron chi connectivity index (χ2n) is 12.6. The first-order valence-electron chi connectivity index (χ1n) is 17.7. The van der Waals surface area contributed by atoms with Gasteiger partial charge in [-0.3, -0.25) is 9.59 Å². The quantitative estimate of drug-likeness (QED) is 0.0761. The number of carbonyl (C=O) groups is 2. The van der Waals surface area contributed by atoms with Gasteiger partial charge in [0.2, 0.25) is 0 Å². The molecule has 318 valence electrons. The Balaban J connectivity index is 0.000000849. The van der Waals surface area contributed by atoms with Gasteiger partial charge in [0.05, 0.1) is 34.1 Å². The molecule has 0 spiro atoms. The fraction of sp³-hybridized carbons (Fsp3) is 0.256. The molecule has 6 aromatic rings. The average molecular weight is 1090 g/mol. The number of rotatable bonds is 4. The molecule has 4 aromatic carbocycles. The first kappa shape index (κ1) is 55.7. The van der Waals surface area contributed by atoms with Crippen molar-refractivity contribution in [3.63, 3.8) is 0 Å². The number of alkyl halides is 3. The second-order valence-corrected chi connectivity index (χ2v) is 12.6. The molecule has 0 fully saturated rings. The predicted octanol–water partition coefficient (Wildman–Crippen LogP) is 11.8. The maximum atomic E-state index is 13.8. The number of aryl methyl sites for hydroxylation is 5. The van der Waals surface area contributed by atoms with Crippen molar-refractivity contribution in [1.29, 1.82) is 5.26 Å². The molecule has 2 aromatic heterocycles. The molecule has 9 nitrogen and oxygen atoms in total. The van der Waals surface area contributed by atoms with Crippen LogP contribution in [-0.2, 0) is 51.2 Å². The molecular weight excluding hydrogens is 1040 g/mol. The molecule has 6 rings (SSSR count). The van der Waals surface area contributed by atoms with Crippen LogP contribution in [-0.4, -0.2) is 48.3 Å². The fourth-order valence-corrected chi connectivity index (χ4v) is 5.30. The maximum absolute atomic E-state index is 13.8. The number of halogens is 6. The summed E-state index contributed by atoms with van der Waals surface area (Å²) in [5.41, 5.74) is 9.34. The van der Waals surface area contributed by atoms with Crippen molar-refractivity contribution in [2.75, 3.05) is 0 Å². The van der Waals surface area contributed by atoms with E-state index in [9.17, 15) is 22.0 Å². The van der Waals surface area contributed by atoms with E-state index in [-0.39, 0.29) is 32.1 Å². The summed E-state index contributed by atoms with van der Waals surface area (Å²) in [6.45, 7) is 14.0. The number of carboxylic acids is 2. The first-order valence-corrected chi connectivity index (χ1v) is 26.7. The number of aliphatic carboxylic acids is 2. The number of carboxylic acid groups (broad SMARTS) is 2. The van der Waals surface area contributed by atoms with E-state index in [1.807, 2.05) is 18.2 Å². The molecule has 0 saturated heterocycles. The molecule has 0 saturated carbocycles. The Morgan fingerprint density at radius 3 is 1.42 bits per heavy atom. The summed E-state index contributed by atoms with van der Waals surface area (Å²) in [5, 5.41) is 25.6. The van der Waals surface area contributed by atoms with Crippen LogP contribution in [0, 0.1) is 57.6 Å². The van der Waals surface area contributed by atoms with Gasteiger partial charge in [0.15, 0.2) is 0 Å². The number of aromatic nitrogens is 4. The molecule has 0 atom stereocenters. The predicted molar refractivity (Wildman–Crippen MR) is 224 cm³/mol. The molecule has 17 heteroatoms. The molecule has 0 amide bonds. The summed E-state index contributed by atoms with van der Waals surface area (Å²) in [7, 11) is 0. The Labute approximate surface area is 380 Å². The summed E-state index contributed by atoms with van der Waals surface area (Å²) in [6, 6.07) is 21.0. The molecule has 0 radical (unpaired) electrons. The van der Waals surface area contributed by atoms with Crippen LogP contribution in [0.4, 0.5) is 22.0 Å². The molecule has 0 unspecified atom stereocenters. The van der Waals surface area contributed by atoms with Crippen molar-refractivity contribution in [2.24, 2.45) is 0 Å². The van der Waals surface area contributed by atoms with Crippen molar-refractivity contribution in [2.45, 2.75) is 73.9 Å². The number of benzene rings is 4. The SMILES string of the molecule is CC(=O)O.CC(=O)O.CCCc1ccc2c(-c3cc(C)c(F)c(C)c3)ncnc2c1.Cc1cc(-c2ncnc3cc(C#N)ccc23)cc(C)c1F.[CH2-]CC(F)(F)F.[Pd].[Zn+][I]. The Morgan fingerprint density at radius 1 is 0.733 bits per heavy atom. The van der Waals surface area contributed by atoms with E-state index in [1.54, 1.807) is 58.3 Å². The van der Waals surface area contributed by atoms with Crippen molar-refractivity contribution in [1.82, 2.24) is 19.9 Å². The van der Waals surface area contributed by atoms with Gasteiger partial charge < -0.3 is 17.1 Å². The zero-order valence-corrected chi connectivity index (χ0v) is 40.7. The summed E-state index contributed by atoms with van der Waals surface area (Å²) in [5.74, 6) is -2.00. The van der Waals surface area contributed by atoms with Crippen LogP contribution < -0.4 is 0 Å². The molecule has 0 aliphatic carbocycles. The van der Waals surface area contributed by atoms with Gasteiger partial charge in [-0.25, -0.2) is 28.7 Å². The monoisotopic (exact) mass is 1090 g/mol. The number of hydrogen-bond donors (Lipinski definition) is 2. The van der Waals surface area contributed by atoms with Crippen molar-refractivity contribution >= 4 is 53.5 Å². The van der Waals surface area contributed by atoms with Gasteiger partial charge in [-0.1, -0.05) is 31.9 Å². The number of hydrogen-bond acceptors (Lipinski definition) is 7. The molecule has 0 bridgehead atoms. The topological polar surface area (TPSA) is 150 Å². The van der Waals surface area contributed by atoms with Gasteiger partial charge in [0, 0.05) is 56.2 Å². The Kier molecular flexibility index (Phi) is 25.5. The van der Waals surface area contributed by atoms with Gasteiger partial charge in [-0.15, -0.1) is 0 Å². The van der Waals surface area contributed by atoms with E-state index in [2.05, 4.69) is 77.8 Å². The van der Waals surface area contributed by atoms with Crippen LogP contribution in [0.3, 0.4) is 0 Å². The van der Waals surface area contributed by atoms with Crippen LogP contribution in [0.2, 0.25) is 0 Å². The summed E-state index contributed by atoms with van der Waals surface area (Å²) < 4.78 is 59.8. The standard InChI is InChI=1S/C19H19FN2.C17H12FN3.C3H4F3.2C2H4O2.HI.Pd.Zn/c1-4-5-14-6-7-16-17(10-14)21-11-22-19(16)15-8-12(2)18(20)13(3)9-15;1-10-5-13(6-11(2)16(10)18)17-14-4-3-12(8-19)7-15(14)20-9-21-17;1-2-3(4,5)6;2*1-2(3)4;;;/h6-11H,4-5H2,1-3H3;3-7,9H,1-2H3;1-2H2;2*1H3,(H,3,4);1H;;/q;;-1;;;;;+2/p-1. The van der Waals surface area contributed by atoms with Gasteiger partial charge in [0.25, 0.3) is 11.9 Å². The van der Waals surface area contributed by atoms with Crippen LogP contribution in [0.15, 0.2) is 73.3 Å². The van der Waals surface area contributed by atoms with Crippen LogP contribution >= 0.6 is 19.8 Å². The first-order chi connectivity index (χ1) is 27.7. The third-order valence-corrected chi connectivity index (χ3v) is 7.71. The van der Waals surface area contributed by atoms with Crippen LogP contribution in [0.5, 0.6) is 0 Å². The van der Waals surface area contributed by atoms with Crippen LogP contribution in [0.25, 0.3) is 44.3 Å². The molecule has 0 aliphatic rings. The van der Waals surface area contributed by atoms with E-state index in [0.717, 1.165) is 65.5 Å². The van der Waals surface area contributed by atoms with E-state index in [1.165, 1.54) is 26.7 Å². The summed E-state index contributed by atoms with van der Waals surface area (Å²) in [6.07, 6.45) is 0.158. The van der Waals surface area contributed by atoms with Gasteiger partial charge >= 0.3 is 40.7 Å². The Morgan fingerprint density at radius 2 is 1.08 bits per heavy atom. The van der Waals surface area contributed by atoms with Crippen molar-refractivity contribution in [3.05, 3.63) is 125 Å². The van der Waals surface area contributed by atoms with Gasteiger partial charge in [-0.2, -0.15) is 18.4 Å². The Hall–Kier alpha value is -4.34. The third-order valence-electron chi connectivity index (χ3n) is 7.71. The molecule has 2 N–H and O–H groups in total. The summed E-state index contributed by atoms with van der Waals surface area (Å²) >= 11 is 3.62. The number of nitrogens with zero attached hydrogens (tertiary/aromatic N) is 5. The minimum absolute atomic E-state index is 0.